The molecular weight excluding hydrogens is 222 g/mol. The molecule has 0 aliphatic carbocycles. The van der Waals surface area contributed by atoms with Crippen molar-refractivity contribution in [3.63, 3.8) is 0 Å². The maximum atomic E-state index is 5.15. The molecule has 0 aliphatic rings. The Labute approximate surface area is 102 Å². The smallest absolute Gasteiger partial charge is 0.166 e. The van der Waals surface area contributed by atoms with Crippen molar-refractivity contribution in [3.05, 3.63) is 17.0 Å². The van der Waals surface area contributed by atoms with E-state index in [9.17, 15) is 0 Å². The molecule has 1 heterocycles. The molecule has 0 bridgehead atoms. The summed E-state index contributed by atoms with van der Waals surface area (Å²) in [6, 6.07) is 0. The van der Waals surface area contributed by atoms with Crippen LogP contribution in [0, 0.1) is 13.8 Å². The lowest BCUT2D eigenvalue weighted by atomic mass is 10.2. The van der Waals surface area contributed by atoms with Crippen LogP contribution in [-0.2, 0) is 6.54 Å². The molecule has 0 radical (unpaired) electrons. The number of nitrogens with zero attached hydrogens (tertiary/aromatic N) is 1. The molecule has 0 saturated carbocycles. The van der Waals surface area contributed by atoms with Gasteiger partial charge in [-0.3, -0.25) is 0 Å². The van der Waals surface area contributed by atoms with Crippen LogP contribution in [-0.4, -0.2) is 16.8 Å². The molecule has 90 valence electrons. The average Bonchev–Trinajstić information content (AvgIpc) is 2.57. The van der Waals surface area contributed by atoms with Crippen LogP contribution in [0.4, 0.5) is 0 Å². The van der Waals surface area contributed by atoms with Gasteiger partial charge in [-0.1, -0.05) is 18.5 Å². The summed E-state index contributed by atoms with van der Waals surface area (Å²) in [5, 5.41) is 10.9. The number of rotatable bonds is 5. The van der Waals surface area contributed by atoms with E-state index in [0.29, 0.717) is 11.7 Å². The predicted molar refractivity (Wildman–Crippen MR) is 68.3 cm³/mol. The van der Waals surface area contributed by atoms with E-state index in [1.807, 2.05) is 13.8 Å². The van der Waals surface area contributed by atoms with Gasteiger partial charge in [0.05, 0.1) is 5.69 Å². The summed E-state index contributed by atoms with van der Waals surface area (Å²) in [6.07, 6.45) is 2.30. The summed E-state index contributed by atoms with van der Waals surface area (Å²) in [6.45, 7) is 7.58. The second-order valence-corrected chi connectivity index (χ2v) is 4.17. The first-order valence-electron chi connectivity index (χ1n) is 5.58. The molecule has 0 fully saturated rings. The Morgan fingerprint density at radius 2 is 2.12 bits per heavy atom. The van der Waals surface area contributed by atoms with E-state index in [2.05, 4.69) is 22.7 Å². The van der Waals surface area contributed by atoms with Crippen LogP contribution in [0.5, 0.6) is 0 Å². The molecule has 1 rings (SSSR count). The Kier molecular flexibility index (Phi) is 5.25. The van der Waals surface area contributed by atoms with Gasteiger partial charge in [0.15, 0.2) is 5.11 Å². The summed E-state index contributed by atoms with van der Waals surface area (Å²) in [5.41, 5.74) is 2.00. The van der Waals surface area contributed by atoms with Crippen LogP contribution in [0.3, 0.4) is 0 Å². The van der Waals surface area contributed by atoms with Crippen LogP contribution in [0.15, 0.2) is 4.52 Å². The van der Waals surface area contributed by atoms with Gasteiger partial charge >= 0.3 is 0 Å². The van der Waals surface area contributed by atoms with E-state index in [1.165, 1.54) is 6.42 Å². The fourth-order valence-electron chi connectivity index (χ4n) is 1.36. The molecule has 2 N–H and O–H groups in total. The molecule has 16 heavy (non-hydrogen) atoms. The maximum Gasteiger partial charge on any atom is 0.166 e. The van der Waals surface area contributed by atoms with Crippen molar-refractivity contribution in [2.24, 2.45) is 0 Å². The largest absolute Gasteiger partial charge is 0.363 e. The van der Waals surface area contributed by atoms with Gasteiger partial charge in [0.25, 0.3) is 0 Å². The summed E-state index contributed by atoms with van der Waals surface area (Å²) in [5.74, 6) is 0.848. The zero-order chi connectivity index (χ0) is 12.0. The van der Waals surface area contributed by atoms with Crippen molar-refractivity contribution in [3.8, 4) is 0 Å². The minimum atomic E-state index is 0.666. The minimum absolute atomic E-state index is 0.666. The first-order valence-corrected chi connectivity index (χ1v) is 5.99. The van der Waals surface area contributed by atoms with E-state index in [4.69, 9.17) is 16.7 Å². The van der Waals surface area contributed by atoms with Gasteiger partial charge in [-0.05, 0) is 32.5 Å². The quantitative estimate of drug-likeness (QED) is 0.610. The molecular formula is C11H19N3OS. The van der Waals surface area contributed by atoms with Crippen LogP contribution in [0.1, 0.15) is 36.8 Å². The van der Waals surface area contributed by atoms with Gasteiger partial charge in [0.2, 0.25) is 0 Å². The predicted octanol–water partition coefficient (Wildman–Crippen LogP) is 2.06. The third-order valence-electron chi connectivity index (χ3n) is 2.42. The number of aromatic nitrogens is 1. The Hall–Kier alpha value is -1.10. The van der Waals surface area contributed by atoms with Gasteiger partial charge in [0, 0.05) is 18.7 Å². The third-order valence-corrected chi connectivity index (χ3v) is 2.71. The highest BCUT2D eigenvalue weighted by Gasteiger charge is 2.08. The second-order valence-electron chi connectivity index (χ2n) is 3.77. The normalized spacial score (nSPS) is 10.2. The topological polar surface area (TPSA) is 50.1 Å². The summed E-state index contributed by atoms with van der Waals surface area (Å²) >= 11 is 5.15. The molecule has 0 unspecified atom stereocenters. The molecule has 0 aliphatic heterocycles. The van der Waals surface area contributed by atoms with Gasteiger partial charge in [-0.2, -0.15) is 0 Å². The number of aryl methyl sites for hydroxylation is 2. The Balaban J connectivity index is 2.32. The van der Waals surface area contributed by atoms with Gasteiger partial charge < -0.3 is 15.2 Å². The van der Waals surface area contributed by atoms with Crippen molar-refractivity contribution in [2.45, 2.75) is 40.2 Å². The SMILES string of the molecule is CCCCNC(=S)NCc1c(C)noc1C. The van der Waals surface area contributed by atoms with Crippen molar-refractivity contribution in [1.29, 1.82) is 0 Å². The minimum Gasteiger partial charge on any atom is -0.363 e. The van der Waals surface area contributed by atoms with E-state index in [-0.39, 0.29) is 0 Å². The molecule has 5 heteroatoms. The highest BCUT2D eigenvalue weighted by molar-refractivity contribution is 7.80. The fraction of sp³-hybridized carbons (Fsp3) is 0.636. The molecule has 1 aromatic heterocycles. The summed E-state index contributed by atoms with van der Waals surface area (Å²) in [4.78, 5) is 0. The van der Waals surface area contributed by atoms with Gasteiger partial charge in [-0.25, -0.2) is 0 Å². The molecule has 4 nitrogen and oxygen atoms in total. The number of thiocarbonyl (C=S) groups is 1. The highest BCUT2D eigenvalue weighted by atomic mass is 32.1. The first-order chi connectivity index (χ1) is 7.65. The number of nitrogens with one attached hydrogen (secondary N) is 2. The Morgan fingerprint density at radius 1 is 1.38 bits per heavy atom. The lowest BCUT2D eigenvalue weighted by Crippen LogP contribution is -2.35. The molecule has 0 atom stereocenters. The molecule has 0 spiro atoms. The standard InChI is InChI=1S/C11H19N3OS/c1-4-5-6-12-11(16)13-7-10-8(2)14-15-9(10)3/h4-7H2,1-3H3,(H2,12,13,16). The summed E-state index contributed by atoms with van der Waals surface area (Å²) < 4.78 is 5.07. The number of hydrogen-bond donors (Lipinski definition) is 2. The molecule has 0 saturated heterocycles. The second kappa shape index (κ2) is 6.48. The van der Waals surface area contributed by atoms with E-state index >= 15 is 0 Å². The number of hydrogen-bond acceptors (Lipinski definition) is 3. The number of unbranched alkanes of at least 4 members (excludes halogenated alkanes) is 1. The van der Waals surface area contributed by atoms with Crippen molar-refractivity contribution >= 4 is 17.3 Å². The molecule has 0 aromatic carbocycles. The van der Waals surface area contributed by atoms with E-state index in [0.717, 1.165) is 30.0 Å². The average molecular weight is 241 g/mol. The van der Waals surface area contributed by atoms with Crippen LogP contribution in [0.25, 0.3) is 0 Å². The Bertz CT molecular complexity index is 329. The van der Waals surface area contributed by atoms with E-state index < -0.39 is 0 Å². The van der Waals surface area contributed by atoms with Crippen molar-refractivity contribution in [1.82, 2.24) is 15.8 Å². The first kappa shape index (κ1) is 13.0. The van der Waals surface area contributed by atoms with Crippen LogP contribution in [0.2, 0.25) is 0 Å². The van der Waals surface area contributed by atoms with Gasteiger partial charge in [-0.15, -0.1) is 0 Å². The molecule has 1 aromatic rings. The van der Waals surface area contributed by atoms with Crippen molar-refractivity contribution < 1.29 is 4.52 Å². The Morgan fingerprint density at radius 3 is 2.69 bits per heavy atom. The molecule has 0 amide bonds. The van der Waals surface area contributed by atoms with Crippen LogP contribution < -0.4 is 10.6 Å². The summed E-state index contributed by atoms with van der Waals surface area (Å²) in [7, 11) is 0. The fourth-order valence-corrected chi connectivity index (χ4v) is 1.54. The monoisotopic (exact) mass is 241 g/mol. The maximum absolute atomic E-state index is 5.15. The van der Waals surface area contributed by atoms with E-state index in [1.54, 1.807) is 0 Å². The lowest BCUT2D eigenvalue weighted by Gasteiger charge is -2.09. The van der Waals surface area contributed by atoms with Crippen LogP contribution >= 0.6 is 12.2 Å². The zero-order valence-electron chi connectivity index (χ0n) is 10.1. The van der Waals surface area contributed by atoms with Gasteiger partial charge in [0.1, 0.15) is 5.76 Å². The highest BCUT2D eigenvalue weighted by Crippen LogP contribution is 2.11. The van der Waals surface area contributed by atoms with Crippen molar-refractivity contribution in [2.75, 3.05) is 6.54 Å². The third kappa shape index (κ3) is 3.81. The zero-order valence-corrected chi connectivity index (χ0v) is 10.9. The lowest BCUT2D eigenvalue weighted by molar-refractivity contribution is 0.392.